The van der Waals surface area contributed by atoms with E-state index in [1.165, 1.54) is 61.4 Å². The van der Waals surface area contributed by atoms with E-state index in [1.54, 1.807) is 0 Å². The van der Waals surface area contributed by atoms with Crippen molar-refractivity contribution in [1.29, 1.82) is 0 Å². The van der Waals surface area contributed by atoms with Crippen LogP contribution in [-0.4, -0.2) is 20.9 Å². The zero-order valence-electron chi connectivity index (χ0n) is 19.1. The Labute approximate surface area is 214 Å². The Morgan fingerprint density at radius 1 is 0.371 bits per heavy atom. The molecule has 7 rings (SSSR count). The topological polar surface area (TPSA) is 0 Å². The second kappa shape index (κ2) is 8.54. The predicted octanol–water partition coefficient (Wildman–Crippen LogP) is 7.62. The molecule has 0 saturated carbocycles. The van der Waals surface area contributed by atoms with Crippen LogP contribution >= 0.6 is 0 Å². The first-order chi connectivity index (χ1) is 17.4. The zero-order valence-corrected chi connectivity index (χ0v) is 21.4. The van der Waals surface area contributed by atoms with Crippen molar-refractivity contribution in [3.8, 4) is 11.1 Å². The van der Waals surface area contributed by atoms with Gasteiger partial charge in [-0.05, 0) is 0 Å². The number of fused-ring (bicyclic) bond motifs is 4. The molecule has 0 bridgehead atoms. The van der Waals surface area contributed by atoms with Crippen LogP contribution in [0.25, 0.3) is 54.2 Å². The third-order valence-electron chi connectivity index (χ3n) is 6.88. The van der Waals surface area contributed by atoms with E-state index in [2.05, 4.69) is 133 Å². The molecule has 0 fully saturated rings. The van der Waals surface area contributed by atoms with Crippen LogP contribution in [0.15, 0.2) is 133 Å². The molecule has 0 aliphatic rings. The molecule has 7 aromatic rings. The molecule has 0 radical (unpaired) electrons. The maximum atomic E-state index is 2.35. The van der Waals surface area contributed by atoms with Gasteiger partial charge in [-0.3, -0.25) is 0 Å². The quantitative estimate of drug-likeness (QED) is 0.155. The summed E-state index contributed by atoms with van der Waals surface area (Å²) in [5.41, 5.74) is 2.63. The summed E-state index contributed by atoms with van der Waals surface area (Å²) in [5.74, 6) is 0. The summed E-state index contributed by atoms with van der Waals surface area (Å²) >= 11 is -0.625. The Morgan fingerprint density at radius 2 is 0.914 bits per heavy atom. The molecular weight excluding hydrogens is 536 g/mol. The Morgan fingerprint density at radius 3 is 1.63 bits per heavy atom. The first kappa shape index (κ1) is 20.7. The minimum atomic E-state index is -0.625. The summed E-state index contributed by atoms with van der Waals surface area (Å²) < 4.78 is 3.03. The van der Waals surface area contributed by atoms with Crippen LogP contribution in [0.1, 0.15) is 0 Å². The Bertz CT molecular complexity index is 1820. The van der Waals surface area contributed by atoms with Gasteiger partial charge in [0.25, 0.3) is 0 Å². The molecule has 0 aliphatic heterocycles. The number of rotatable bonds is 3. The third kappa shape index (κ3) is 3.52. The van der Waals surface area contributed by atoms with Gasteiger partial charge < -0.3 is 0 Å². The van der Waals surface area contributed by atoms with Crippen LogP contribution in [0, 0.1) is 0 Å². The van der Waals surface area contributed by atoms with E-state index in [9.17, 15) is 0 Å². The van der Waals surface area contributed by atoms with Crippen molar-refractivity contribution < 1.29 is 0 Å². The molecular formula is C34H22Te. The monoisotopic (exact) mass is 560 g/mol. The van der Waals surface area contributed by atoms with Gasteiger partial charge in [0.15, 0.2) is 0 Å². The van der Waals surface area contributed by atoms with Crippen LogP contribution in [0.4, 0.5) is 0 Å². The fraction of sp³-hybridized carbons (Fsp3) is 0. The molecule has 1 heteroatoms. The SMILES string of the molecule is c1ccc2cc(-c3c4ccccc4c([Te]c4cccc5ccccc45)c4ccccc34)ccc2c1. The Kier molecular flexibility index (Phi) is 5.06. The van der Waals surface area contributed by atoms with Crippen LogP contribution in [0.2, 0.25) is 0 Å². The number of hydrogen-bond donors (Lipinski definition) is 0. The first-order valence-corrected chi connectivity index (χ1v) is 14.3. The molecule has 7 aromatic carbocycles. The third-order valence-corrected chi connectivity index (χ3v) is 10.4. The minimum absolute atomic E-state index is 0.625. The van der Waals surface area contributed by atoms with Crippen LogP contribution in [-0.2, 0) is 0 Å². The van der Waals surface area contributed by atoms with Crippen LogP contribution in [0.3, 0.4) is 0 Å². The molecule has 0 atom stereocenters. The van der Waals surface area contributed by atoms with Gasteiger partial charge in [0.2, 0.25) is 0 Å². The molecule has 0 saturated heterocycles. The molecule has 0 amide bonds. The van der Waals surface area contributed by atoms with E-state index in [0.29, 0.717) is 0 Å². The van der Waals surface area contributed by atoms with Gasteiger partial charge in [0, 0.05) is 0 Å². The summed E-state index contributed by atoms with van der Waals surface area (Å²) in [7, 11) is 0. The van der Waals surface area contributed by atoms with Gasteiger partial charge in [-0.2, -0.15) is 0 Å². The summed E-state index contributed by atoms with van der Waals surface area (Å²) in [4.78, 5) is 0. The molecule has 0 nitrogen and oxygen atoms in total. The molecule has 35 heavy (non-hydrogen) atoms. The van der Waals surface area contributed by atoms with E-state index >= 15 is 0 Å². The number of hydrogen-bond acceptors (Lipinski definition) is 0. The van der Waals surface area contributed by atoms with Crippen LogP contribution < -0.4 is 7.22 Å². The number of benzene rings is 7. The van der Waals surface area contributed by atoms with Gasteiger partial charge in [-0.25, -0.2) is 0 Å². The molecule has 0 N–H and O–H groups in total. The first-order valence-electron chi connectivity index (χ1n) is 11.9. The van der Waals surface area contributed by atoms with Gasteiger partial charge in [-0.1, -0.05) is 0 Å². The van der Waals surface area contributed by atoms with Crippen molar-refractivity contribution in [1.82, 2.24) is 0 Å². The summed E-state index contributed by atoms with van der Waals surface area (Å²) in [5, 5.41) is 10.8. The zero-order chi connectivity index (χ0) is 23.2. The molecule has 0 spiro atoms. The summed E-state index contributed by atoms with van der Waals surface area (Å²) in [6, 6.07) is 49.2. The van der Waals surface area contributed by atoms with E-state index in [0.717, 1.165) is 0 Å². The molecule has 164 valence electrons. The van der Waals surface area contributed by atoms with Crippen molar-refractivity contribution in [3.63, 3.8) is 0 Å². The van der Waals surface area contributed by atoms with Gasteiger partial charge >= 0.3 is 216 Å². The summed E-state index contributed by atoms with van der Waals surface area (Å²) in [6.07, 6.45) is 0. The van der Waals surface area contributed by atoms with E-state index in [4.69, 9.17) is 0 Å². The Hall–Kier alpha value is -3.63. The average molecular weight is 558 g/mol. The van der Waals surface area contributed by atoms with Gasteiger partial charge in [-0.15, -0.1) is 0 Å². The van der Waals surface area contributed by atoms with Crippen molar-refractivity contribution in [3.05, 3.63) is 133 Å². The fourth-order valence-electron chi connectivity index (χ4n) is 5.25. The van der Waals surface area contributed by atoms with Crippen molar-refractivity contribution in [2.45, 2.75) is 0 Å². The normalized spacial score (nSPS) is 11.5. The van der Waals surface area contributed by atoms with Crippen molar-refractivity contribution >= 4 is 71.2 Å². The Balaban J connectivity index is 1.54. The molecule has 0 heterocycles. The van der Waals surface area contributed by atoms with Gasteiger partial charge in [0.1, 0.15) is 0 Å². The molecule has 0 unspecified atom stereocenters. The molecule has 0 aromatic heterocycles. The predicted molar refractivity (Wildman–Crippen MR) is 153 cm³/mol. The summed E-state index contributed by atoms with van der Waals surface area (Å²) in [6.45, 7) is 0. The standard InChI is InChI=1S/C34H22Te/c1-2-12-25-22-26(21-20-23(25)10-1)33-28-15-5-7-17-30(28)34(31-18-8-6-16-29(31)33)35-32-19-9-13-24-11-3-4-14-27(24)32/h1-22H. The van der Waals surface area contributed by atoms with Crippen molar-refractivity contribution in [2.75, 3.05) is 0 Å². The van der Waals surface area contributed by atoms with E-state index in [-0.39, 0.29) is 0 Å². The molecule has 0 aliphatic carbocycles. The van der Waals surface area contributed by atoms with Gasteiger partial charge in [0.05, 0.1) is 0 Å². The second-order valence-corrected chi connectivity index (χ2v) is 11.9. The average Bonchev–Trinajstić information content (AvgIpc) is 2.93. The van der Waals surface area contributed by atoms with Crippen LogP contribution in [0.5, 0.6) is 0 Å². The second-order valence-electron chi connectivity index (χ2n) is 8.94. The van der Waals surface area contributed by atoms with Crippen molar-refractivity contribution in [2.24, 2.45) is 0 Å². The maximum absolute atomic E-state index is 2.35. The van der Waals surface area contributed by atoms with E-state index < -0.39 is 20.9 Å². The fourth-order valence-corrected chi connectivity index (χ4v) is 8.78. The van der Waals surface area contributed by atoms with E-state index in [1.807, 2.05) is 0 Å².